The van der Waals surface area contributed by atoms with Gasteiger partial charge in [-0.05, 0) is 71.4 Å². The summed E-state index contributed by atoms with van der Waals surface area (Å²) in [4.78, 5) is 27.8. The summed E-state index contributed by atoms with van der Waals surface area (Å²) in [5, 5.41) is 27.7. The zero-order chi connectivity index (χ0) is 30.3. The summed E-state index contributed by atoms with van der Waals surface area (Å²) in [6.07, 6.45) is 5.67. The lowest BCUT2D eigenvalue weighted by atomic mass is 9.81. The number of carbonyl (C=O) groups excluding carboxylic acids is 2. The highest BCUT2D eigenvalue weighted by Gasteiger charge is 2.38. The number of anilines is 3. The van der Waals surface area contributed by atoms with Gasteiger partial charge in [-0.1, -0.05) is 72.4 Å². The number of fused-ring (bicyclic) bond motifs is 2. The van der Waals surface area contributed by atoms with Crippen molar-refractivity contribution in [2.24, 2.45) is 5.41 Å². The summed E-state index contributed by atoms with van der Waals surface area (Å²) in [5.41, 5.74) is 4.23. The third-order valence-corrected chi connectivity index (χ3v) is 7.24. The second-order valence-electron chi connectivity index (χ2n) is 12.4. The number of rotatable bonds is 6. The lowest BCUT2D eigenvalue weighted by Gasteiger charge is -2.25. The molecule has 0 bridgehead atoms. The van der Waals surface area contributed by atoms with E-state index in [9.17, 15) is 19.8 Å². The first-order valence-corrected chi connectivity index (χ1v) is 13.6. The van der Waals surface area contributed by atoms with Gasteiger partial charge in [-0.25, -0.2) is 0 Å². The second-order valence-corrected chi connectivity index (χ2v) is 12.4. The van der Waals surface area contributed by atoms with E-state index >= 15 is 0 Å². The summed E-state index contributed by atoms with van der Waals surface area (Å²) in [6, 6.07) is 13.8. The van der Waals surface area contributed by atoms with E-state index in [1.54, 1.807) is 12.1 Å². The smallest absolute Gasteiger partial charge is 0.200 e. The van der Waals surface area contributed by atoms with Crippen molar-refractivity contribution in [1.29, 1.82) is 0 Å². The minimum atomic E-state index is -0.554. The van der Waals surface area contributed by atoms with Crippen LogP contribution in [0.4, 0.5) is 17.1 Å². The van der Waals surface area contributed by atoms with Crippen LogP contribution in [-0.4, -0.2) is 21.8 Å². The molecule has 41 heavy (non-hydrogen) atoms. The molecule has 6 nitrogen and oxygen atoms in total. The molecule has 6 heteroatoms. The Morgan fingerprint density at radius 1 is 0.732 bits per heavy atom. The van der Waals surface area contributed by atoms with E-state index in [1.165, 1.54) is 12.1 Å². The number of hydrogen-bond donors (Lipinski definition) is 4. The SMILES string of the molecule is C=C/C(=C\C=C(/C)Nc1ccc(Nc2ccc(C(C)(C)C)cc2)c2c1C(=O)c1c(O)ccc(O)c1C2=O)C(C)(C)C. The molecule has 0 unspecified atom stereocenters. The van der Waals surface area contributed by atoms with Crippen molar-refractivity contribution >= 4 is 28.6 Å². The number of phenolic OH excluding ortho intramolecular Hbond substituents is 2. The van der Waals surface area contributed by atoms with Crippen LogP contribution in [0.2, 0.25) is 0 Å². The van der Waals surface area contributed by atoms with Crippen molar-refractivity contribution in [3.8, 4) is 11.5 Å². The lowest BCUT2D eigenvalue weighted by molar-refractivity contribution is 0.0975. The molecule has 0 radical (unpaired) electrons. The van der Waals surface area contributed by atoms with Crippen molar-refractivity contribution in [1.82, 2.24) is 0 Å². The fraction of sp³-hybridized carbons (Fsp3) is 0.257. The second kappa shape index (κ2) is 10.8. The van der Waals surface area contributed by atoms with Gasteiger partial charge in [-0.3, -0.25) is 9.59 Å². The van der Waals surface area contributed by atoms with Crippen molar-refractivity contribution in [3.63, 3.8) is 0 Å². The molecular weight excluding hydrogens is 512 g/mol. The van der Waals surface area contributed by atoms with Gasteiger partial charge < -0.3 is 20.8 Å². The number of aromatic hydroxyl groups is 2. The molecule has 0 aromatic heterocycles. The van der Waals surface area contributed by atoms with Gasteiger partial charge in [-0.15, -0.1) is 0 Å². The normalized spacial score (nSPS) is 13.9. The number of benzene rings is 3. The van der Waals surface area contributed by atoms with E-state index in [2.05, 4.69) is 58.8 Å². The van der Waals surface area contributed by atoms with Gasteiger partial charge in [-0.2, -0.15) is 0 Å². The third kappa shape index (κ3) is 5.82. The number of allylic oxidation sites excluding steroid dienone is 5. The average molecular weight is 551 g/mol. The van der Waals surface area contributed by atoms with Gasteiger partial charge in [0, 0.05) is 11.4 Å². The maximum absolute atomic E-state index is 13.9. The molecule has 0 fully saturated rings. The largest absolute Gasteiger partial charge is 0.507 e. The zero-order valence-corrected chi connectivity index (χ0v) is 24.8. The predicted molar refractivity (Wildman–Crippen MR) is 167 cm³/mol. The summed E-state index contributed by atoms with van der Waals surface area (Å²) < 4.78 is 0. The molecule has 0 aliphatic heterocycles. The predicted octanol–water partition coefficient (Wildman–Crippen LogP) is 8.39. The van der Waals surface area contributed by atoms with Crippen LogP contribution >= 0.6 is 0 Å². The fourth-order valence-corrected chi connectivity index (χ4v) is 4.88. The van der Waals surface area contributed by atoms with Gasteiger partial charge in [0.25, 0.3) is 0 Å². The van der Waals surface area contributed by atoms with E-state index in [4.69, 9.17) is 0 Å². The average Bonchev–Trinajstić information content (AvgIpc) is 2.88. The van der Waals surface area contributed by atoms with Crippen LogP contribution in [0.1, 0.15) is 85.9 Å². The van der Waals surface area contributed by atoms with Crippen LogP contribution in [-0.2, 0) is 5.41 Å². The Balaban J connectivity index is 1.84. The molecule has 0 heterocycles. The zero-order valence-electron chi connectivity index (χ0n) is 24.8. The number of carbonyl (C=O) groups is 2. The van der Waals surface area contributed by atoms with Crippen molar-refractivity contribution in [2.45, 2.75) is 53.9 Å². The topological polar surface area (TPSA) is 98.7 Å². The Hall–Kier alpha value is -4.58. The molecule has 0 saturated heterocycles. The Morgan fingerprint density at radius 2 is 1.24 bits per heavy atom. The molecule has 0 spiro atoms. The molecule has 212 valence electrons. The Labute approximate surface area is 242 Å². The Morgan fingerprint density at radius 3 is 1.73 bits per heavy atom. The highest BCUT2D eigenvalue weighted by Crippen LogP contribution is 2.43. The highest BCUT2D eigenvalue weighted by atomic mass is 16.3. The van der Waals surface area contributed by atoms with E-state index in [0.29, 0.717) is 11.4 Å². The van der Waals surface area contributed by atoms with Gasteiger partial charge in [0.15, 0.2) is 0 Å². The third-order valence-electron chi connectivity index (χ3n) is 7.24. The molecule has 1 aliphatic carbocycles. The van der Waals surface area contributed by atoms with Crippen LogP contribution in [0.25, 0.3) is 0 Å². The summed E-state index contributed by atoms with van der Waals surface area (Å²) >= 11 is 0. The van der Waals surface area contributed by atoms with E-state index in [-0.39, 0.29) is 44.6 Å². The van der Waals surface area contributed by atoms with E-state index < -0.39 is 11.6 Å². The van der Waals surface area contributed by atoms with Gasteiger partial charge >= 0.3 is 0 Å². The molecule has 3 aromatic carbocycles. The van der Waals surface area contributed by atoms with Crippen LogP contribution in [0.3, 0.4) is 0 Å². The summed E-state index contributed by atoms with van der Waals surface area (Å²) in [5.74, 6) is -1.83. The van der Waals surface area contributed by atoms with Crippen molar-refractivity contribution in [2.75, 3.05) is 10.6 Å². The molecule has 0 atom stereocenters. The standard InChI is InChI=1S/C35H38N2O4/c1-9-21(34(3,4)5)11-10-20(2)36-24-16-17-25(37-23-14-12-22(13-15-23)35(6,7)8)29-28(24)32(40)30-26(38)18-19-27(39)31(30)33(29)41/h9-19,36-39H,1H2,2-8H3/b20-10+,21-11+. The van der Waals surface area contributed by atoms with Gasteiger partial charge in [0.1, 0.15) is 11.5 Å². The number of phenols is 2. The quantitative estimate of drug-likeness (QED) is 0.142. The van der Waals surface area contributed by atoms with Gasteiger partial charge in [0.2, 0.25) is 11.6 Å². The van der Waals surface area contributed by atoms with E-state index in [1.807, 2.05) is 49.4 Å². The molecule has 1 aliphatic rings. The number of hydrogen-bond acceptors (Lipinski definition) is 6. The fourth-order valence-electron chi connectivity index (χ4n) is 4.88. The maximum Gasteiger partial charge on any atom is 0.200 e. The summed E-state index contributed by atoms with van der Waals surface area (Å²) in [7, 11) is 0. The molecule has 4 rings (SSSR count). The molecule has 3 aromatic rings. The highest BCUT2D eigenvalue weighted by molar-refractivity contribution is 6.33. The number of ketones is 2. The van der Waals surface area contributed by atoms with Crippen LogP contribution < -0.4 is 10.6 Å². The molecule has 4 N–H and O–H groups in total. The Kier molecular flexibility index (Phi) is 7.72. The molecule has 0 amide bonds. The first kappa shape index (κ1) is 29.4. The summed E-state index contributed by atoms with van der Waals surface area (Å²) in [6.45, 7) is 18.5. The number of nitrogens with one attached hydrogen (secondary N) is 2. The molecular formula is C35H38N2O4. The minimum Gasteiger partial charge on any atom is -0.507 e. The Bertz CT molecular complexity index is 1610. The van der Waals surface area contributed by atoms with E-state index in [0.717, 1.165) is 22.5 Å². The van der Waals surface area contributed by atoms with Crippen molar-refractivity contribution in [3.05, 3.63) is 112 Å². The molecule has 0 saturated carbocycles. The van der Waals surface area contributed by atoms with Crippen LogP contribution in [0, 0.1) is 5.41 Å². The maximum atomic E-state index is 13.9. The van der Waals surface area contributed by atoms with Crippen LogP contribution in [0.15, 0.2) is 84.6 Å². The first-order valence-electron chi connectivity index (χ1n) is 13.6. The van der Waals surface area contributed by atoms with Crippen molar-refractivity contribution < 1.29 is 19.8 Å². The van der Waals surface area contributed by atoms with Crippen LogP contribution in [0.5, 0.6) is 11.5 Å². The lowest BCUT2D eigenvalue weighted by Crippen LogP contribution is -2.24. The minimum absolute atomic E-state index is 0.0173. The first-order chi connectivity index (χ1) is 19.1. The van der Waals surface area contributed by atoms with Gasteiger partial charge in [0.05, 0.1) is 33.6 Å². The monoisotopic (exact) mass is 550 g/mol.